The SMILES string of the molecule is CCC1(CO)CCN(C(=O)COc2ccc(Cl)cc2C)CC1. The van der Waals surface area contributed by atoms with Crippen LogP contribution in [0.25, 0.3) is 0 Å². The number of aryl methyl sites for hydroxylation is 1. The number of aliphatic hydroxyl groups is 1. The smallest absolute Gasteiger partial charge is 0.260 e. The molecular formula is C17H24ClNO3. The fourth-order valence-corrected chi connectivity index (χ4v) is 3.09. The van der Waals surface area contributed by atoms with E-state index >= 15 is 0 Å². The highest BCUT2D eigenvalue weighted by molar-refractivity contribution is 6.30. The maximum atomic E-state index is 12.2. The Bertz CT molecular complexity index is 519. The summed E-state index contributed by atoms with van der Waals surface area (Å²) in [7, 11) is 0. The second-order valence-electron chi connectivity index (χ2n) is 6.09. The number of carbonyl (C=O) groups excluding carboxylic acids is 1. The summed E-state index contributed by atoms with van der Waals surface area (Å²) < 4.78 is 5.61. The quantitative estimate of drug-likeness (QED) is 0.905. The minimum absolute atomic E-state index is 0.00278. The molecule has 1 saturated heterocycles. The van der Waals surface area contributed by atoms with E-state index in [0.717, 1.165) is 24.8 Å². The second-order valence-corrected chi connectivity index (χ2v) is 6.53. The lowest BCUT2D eigenvalue weighted by molar-refractivity contribution is -0.136. The number of rotatable bonds is 5. The monoisotopic (exact) mass is 325 g/mol. The molecule has 22 heavy (non-hydrogen) atoms. The van der Waals surface area contributed by atoms with Crippen molar-refractivity contribution in [2.45, 2.75) is 33.1 Å². The van der Waals surface area contributed by atoms with Gasteiger partial charge in [0.1, 0.15) is 5.75 Å². The van der Waals surface area contributed by atoms with Gasteiger partial charge in [-0.05, 0) is 55.4 Å². The van der Waals surface area contributed by atoms with Crippen LogP contribution in [-0.4, -0.2) is 42.2 Å². The second kappa shape index (κ2) is 7.34. The lowest BCUT2D eigenvalue weighted by Crippen LogP contribution is -2.46. The largest absolute Gasteiger partial charge is 0.483 e. The minimum atomic E-state index is -0.00952. The first-order valence-corrected chi connectivity index (χ1v) is 8.15. The van der Waals surface area contributed by atoms with Crippen LogP contribution in [-0.2, 0) is 4.79 Å². The van der Waals surface area contributed by atoms with Crippen molar-refractivity contribution in [3.63, 3.8) is 0 Å². The first-order chi connectivity index (χ1) is 10.5. The lowest BCUT2D eigenvalue weighted by atomic mass is 9.77. The van der Waals surface area contributed by atoms with Crippen molar-refractivity contribution in [3.8, 4) is 5.75 Å². The van der Waals surface area contributed by atoms with Crippen LogP contribution < -0.4 is 4.74 Å². The molecule has 1 N–H and O–H groups in total. The maximum absolute atomic E-state index is 12.2. The maximum Gasteiger partial charge on any atom is 0.260 e. The number of nitrogens with zero attached hydrogens (tertiary/aromatic N) is 1. The Hall–Kier alpha value is -1.26. The molecular weight excluding hydrogens is 302 g/mol. The van der Waals surface area contributed by atoms with E-state index in [1.165, 1.54) is 0 Å². The van der Waals surface area contributed by atoms with Gasteiger partial charge in [-0.3, -0.25) is 4.79 Å². The molecule has 1 fully saturated rings. The number of ether oxygens (including phenoxy) is 1. The summed E-state index contributed by atoms with van der Waals surface area (Å²) in [5.41, 5.74) is 0.911. The van der Waals surface area contributed by atoms with Gasteiger partial charge >= 0.3 is 0 Å². The normalized spacial score (nSPS) is 17.4. The zero-order valence-corrected chi connectivity index (χ0v) is 14.0. The van der Waals surface area contributed by atoms with E-state index in [0.29, 0.717) is 23.9 Å². The number of likely N-dealkylation sites (tertiary alicyclic amines) is 1. The average Bonchev–Trinajstić information content (AvgIpc) is 2.54. The molecule has 0 aromatic heterocycles. The third kappa shape index (κ3) is 3.93. The molecule has 2 rings (SSSR count). The van der Waals surface area contributed by atoms with Gasteiger partial charge in [0, 0.05) is 24.7 Å². The molecule has 122 valence electrons. The molecule has 4 nitrogen and oxygen atoms in total. The number of hydrogen-bond acceptors (Lipinski definition) is 3. The van der Waals surface area contributed by atoms with E-state index in [-0.39, 0.29) is 24.5 Å². The molecule has 0 radical (unpaired) electrons. The van der Waals surface area contributed by atoms with Crippen LogP contribution in [0.1, 0.15) is 31.7 Å². The van der Waals surface area contributed by atoms with Crippen LogP contribution in [0.2, 0.25) is 5.02 Å². The molecule has 0 unspecified atom stereocenters. The van der Waals surface area contributed by atoms with Crippen molar-refractivity contribution >= 4 is 17.5 Å². The number of halogens is 1. The first-order valence-electron chi connectivity index (χ1n) is 7.77. The Balaban J connectivity index is 1.86. The molecule has 1 aromatic carbocycles. The summed E-state index contributed by atoms with van der Waals surface area (Å²) in [5, 5.41) is 10.2. The number of carbonyl (C=O) groups is 1. The Morgan fingerprint density at radius 2 is 2.09 bits per heavy atom. The van der Waals surface area contributed by atoms with Gasteiger partial charge in [-0.2, -0.15) is 0 Å². The molecule has 0 saturated carbocycles. The number of hydrogen-bond donors (Lipinski definition) is 1. The highest BCUT2D eigenvalue weighted by Gasteiger charge is 2.33. The zero-order valence-electron chi connectivity index (χ0n) is 13.3. The van der Waals surface area contributed by atoms with E-state index < -0.39 is 0 Å². The standard InChI is InChI=1S/C17H24ClNO3/c1-3-17(12-20)6-8-19(9-7-17)16(21)11-22-15-5-4-14(18)10-13(15)2/h4-5,10,20H,3,6-9,11-12H2,1-2H3. The van der Waals surface area contributed by atoms with Crippen molar-refractivity contribution in [2.24, 2.45) is 5.41 Å². The Morgan fingerprint density at radius 3 is 2.64 bits per heavy atom. The van der Waals surface area contributed by atoms with Crippen molar-refractivity contribution < 1.29 is 14.6 Å². The minimum Gasteiger partial charge on any atom is -0.483 e. The van der Waals surface area contributed by atoms with E-state index in [2.05, 4.69) is 6.92 Å². The fourth-order valence-electron chi connectivity index (χ4n) is 2.86. The van der Waals surface area contributed by atoms with Gasteiger partial charge in [-0.1, -0.05) is 18.5 Å². The molecule has 5 heteroatoms. The van der Waals surface area contributed by atoms with Gasteiger partial charge in [-0.25, -0.2) is 0 Å². The van der Waals surface area contributed by atoms with Gasteiger partial charge in [0.2, 0.25) is 0 Å². The fraction of sp³-hybridized carbons (Fsp3) is 0.588. The highest BCUT2D eigenvalue weighted by atomic mass is 35.5. The van der Waals surface area contributed by atoms with Gasteiger partial charge in [-0.15, -0.1) is 0 Å². The molecule has 1 aliphatic heterocycles. The molecule has 1 amide bonds. The van der Waals surface area contributed by atoms with E-state index in [9.17, 15) is 9.90 Å². The first kappa shape index (κ1) is 17.1. The van der Waals surface area contributed by atoms with Gasteiger partial charge in [0.05, 0.1) is 0 Å². The van der Waals surface area contributed by atoms with Crippen LogP contribution >= 0.6 is 11.6 Å². The topological polar surface area (TPSA) is 49.8 Å². The highest BCUT2D eigenvalue weighted by Crippen LogP contribution is 2.34. The van der Waals surface area contributed by atoms with Crippen LogP contribution in [0.4, 0.5) is 0 Å². The van der Waals surface area contributed by atoms with E-state index in [4.69, 9.17) is 16.3 Å². The summed E-state index contributed by atoms with van der Waals surface area (Å²) in [5.74, 6) is 0.685. The van der Waals surface area contributed by atoms with Crippen molar-refractivity contribution in [3.05, 3.63) is 28.8 Å². The predicted octanol–water partition coefficient (Wildman–Crippen LogP) is 3.04. The van der Waals surface area contributed by atoms with E-state index in [1.54, 1.807) is 12.1 Å². The van der Waals surface area contributed by atoms with Crippen molar-refractivity contribution in [2.75, 3.05) is 26.3 Å². The predicted molar refractivity (Wildman–Crippen MR) is 87.3 cm³/mol. The Labute approximate surface area is 137 Å². The van der Waals surface area contributed by atoms with Crippen molar-refractivity contribution in [1.82, 2.24) is 4.90 Å². The van der Waals surface area contributed by atoms with Gasteiger partial charge < -0.3 is 14.7 Å². The van der Waals surface area contributed by atoms with Crippen LogP contribution in [0, 0.1) is 12.3 Å². The molecule has 1 heterocycles. The third-order valence-corrected chi connectivity index (χ3v) is 4.99. The number of benzene rings is 1. The van der Waals surface area contributed by atoms with Crippen LogP contribution in [0.5, 0.6) is 5.75 Å². The Kier molecular flexibility index (Phi) is 5.70. The molecule has 0 atom stereocenters. The number of piperidine rings is 1. The van der Waals surface area contributed by atoms with Crippen molar-refractivity contribution in [1.29, 1.82) is 0 Å². The lowest BCUT2D eigenvalue weighted by Gasteiger charge is -2.40. The van der Waals surface area contributed by atoms with Crippen LogP contribution in [0.15, 0.2) is 18.2 Å². The van der Waals surface area contributed by atoms with E-state index in [1.807, 2.05) is 17.9 Å². The molecule has 0 bridgehead atoms. The molecule has 1 aliphatic rings. The average molecular weight is 326 g/mol. The summed E-state index contributed by atoms with van der Waals surface area (Å²) >= 11 is 5.90. The van der Waals surface area contributed by atoms with Gasteiger partial charge in [0.15, 0.2) is 6.61 Å². The number of amides is 1. The van der Waals surface area contributed by atoms with Gasteiger partial charge in [0.25, 0.3) is 5.91 Å². The molecule has 0 aliphatic carbocycles. The number of aliphatic hydroxyl groups excluding tert-OH is 1. The molecule has 1 aromatic rings. The summed E-state index contributed by atoms with van der Waals surface area (Å²) in [6, 6.07) is 5.36. The third-order valence-electron chi connectivity index (χ3n) is 4.75. The Morgan fingerprint density at radius 1 is 1.41 bits per heavy atom. The summed E-state index contributed by atoms with van der Waals surface area (Å²) in [6.07, 6.45) is 2.66. The molecule has 0 spiro atoms. The van der Waals surface area contributed by atoms with Crippen LogP contribution in [0.3, 0.4) is 0 Å². The summed E-state index contributed by atoms with van der Waals surface area (Å²) in [6.45, 7) is 5.63. The summed E-state index contributed by atoms with van der Waals surface area (Å²) in [4.78, 5) is 14.1. The zero-order chi connectivity index (χ0) is 16.2.